The quantitative estimate of drug-likeness (QED) is 0.562. The number of likely N-dealkylation sites (tertiary alicyclic amines) is 1. The van der Waals surface area contributed by atoms with Crippen LogP contribution in [0.3, 0.4) is 0 Å². The van der Waals surface area contributed by atoms with E-state index in [1.54, 1.807) is 0 Å². The Morgan fingerprint density at radius 2 is 1.85 bits per heavy atom. The second kappa shape index (κ2) is 8.69. The van der Waals surface area contributed by atoms with Gasteiger partial charge in [-0.3, -0.25) is 4.98 Å². The zero-order chi connectivity index (χ0) is 23.0. The molecule has 1 saturated heterocycles. The van der Waals surface area contributed by atoms with Crippen molar-refractivity contribution in [2.24, 2.45) is 5.92 Å². The zero-order valence-electron chi connectivity index (χ0n) is 19.9. The molecule has 1 N–H and O–H groups in total. The molecule has 0 radical (unpaired) electrons. The van der Waals surface area contributed by atoms with Gasteiger partial charge in [0.1, 0.15) is 11.4 Å². The van der Waals surface area contributed by atoms with Crippen LogP contribution in [-0.4, -0.2) is 41.2 Å². The summed E-state index contributed by atoms with van der Waals surface area (Å²) in [7, 11) is 0. The number of amides is 2. The summed E-state index contributed by atoms with van der Waals surface area (Å²) < 4.78 is 6.60. The molecular weight excluding hydrogens is 410 g/mol. The molecule has 172 valence electrons. The highest BCUT2D eigenvalue weighted by Gasteiger charge is 2.40. The molecule has 0 unspecified atom stereocenters. The summed E-state index contributed by atoms with van der Waals surface area (Å²) in [6, 6.07) is 15.3. The van der Waals surface area contributed by atoms with Gasteiger partial charge in [-0.15, -0.1) is 0 Å². The number of hydrogen-bond acceptors (Lipinski definition) is 3. The van der Waals surface area contributed by atoms with Crippen molar-refractivity contribution in [3.8, 4) is 16.9 Å². The Labute approximate surface area is 196 Å². The van der Waals surface area contributed by atoms with E-state index in [9.17, 15) is 4.79 Å². The number of benzene rings is 2. The van der Waals surface area contributed by atoms with E-state index in [4.69, 9.17) is 4.74 Å². The van der Waals surface area contributed by atoms with Gasteiger partial charge in [-0.1, -0.05) is 32.0 Å². The highest BCUT2D eigenvalue weighted by Crippen LogP contribution is 2.41. The molecule has 5 heteroatoms. The van der Waals surface area contributed by atoms with Crippen LogP contribution in [0.25, 0.3) is 21.9 Å². The van der Waals surface area contributed by atoms with E-state index in [2.05, 4.69) is 73.5 Å². The van der Waals surface area contributed by atoms with Gasteiger partial charge in [0, 0.05) is 49.8 Å². The van der Waals surface area contributed by atoms with Crippen LogP contribution < -0.4 is 10.1 Å². The van der Waals surface area contributed by atoms with Gasteiger partial charge in [-0.25, -0.2) is 4.79 Å². The number of nitrogens with one attached hydrogen (secondary N) is 1. The second-order valence-corrected chi connectivity index (χ2v) is 10.0. The smallest absolute Gasteiger partial charge is 0.317 e. The number of nitrogens with zero attached hydrogens (tertiary/aromatic N) is 2. The van der Waals surface area contributed by atoms with Crippen molar-refractivity contribution in [3.63, 3.8) is 0 Å². The Morgan fingerprint density at radius 3 is 2.64 bits per heavy atom. The number of aryl methyl sites for hydroxylation is 2. The maximum atomic E-state index is 12.4. The van der Waals surface area contributed by atoms with Gasteiger partial charge in [0.25, 0.3) is 0 Å². The minimum absolute atomic E-state index is 0.0563. The van der Waals surface area contributed by atoms with Gasteiger partial charge < -0.3 is 15.0 Å². The molecule has 1 aromatic heterocycles. The predicted octanol–water partition coefficient (Wildman–Crippen LogP) is 5.74. The lowest BCUT2D eigenvalue weighted by atomic mass is 9.82. The minimum atomic E-state index is -0.142. The molecule has 0 aliphatic carbocycles. The number of carbonyl (C=O) groups excluding carboxylic acids is 1. The van der Waals surface area contributed by atoms with Gasteiger partial charge in [0.2, 0.25) is 0 Å². The molecule has 2 amide bonds. The lowest BCUT2D eigenvalue weighted by Gasteiger charge is -2.44. The van der Waals surface area contributed by atoms with Crippen molar-refractivity contribution >= 4 is 16.8 Å². The van der Waals surface area contributed by atoms with Crippen LogP contribution in [0.5, 0.6) is 5.75 Å². The Kier molecular flexibility index (Phi) is 5.73. The van der Waals surface area contributed by atoms with Crippen molar-refractivity contribution in [1.29, 1.82) is 0 Å². The molecule has 3 aromatic rings. The standard InChI is InChI=1S/C28H33N3O2/c1-19(2)18-30-27(32)31-14-11-28(12-15-31)10-8-24-17-22(5-7-26(24)33-28)21-4-6-25-20(3)29-13-9-23(25)16-21/h4-7,9,13,16-17,19H,8,10-12,14-15,18H2,1-3H3,(H,30,32). The Hall–Kier alpha value is -3.08. The first-order valence-electron chi connectivity index (χ1n) is 12.1. The van der Waals surface area contributed by atoms with E-state index in [0.717, 1.165) is 56.8 Å². The van der Waals surface area contributed by atoms with E-state index >= 15 is 0 Å². The van der Waals surface area contributed by atoms with Crippen LogP contribution in [-0.2, 0) is 6.42 Å². The van der Waals surface area contributed by atoms with Crippen LogP contribution in [0.2, 0.25) is 0 Å². The number of fused-ring (bicyclic) bond motifs is 2. The molecule has 33 heavy (non-hydrogen) atoms. The molecule has 0 bridgehead atoms. The summed E-state index contributed by atoms with van der Waals surface area (Å²) in [5.74, 6) is 1.47. The van der Waals surface area contributed by atoms with E-state index in [0.29, 0.717) is 5.92 Å². The van der Waals surface area contributed by atoms with E-state index in [1.807, 2.05) is 11.1 Å². The summed E-state index contributed by atoms with van der Waals surface area (Å²) in [6.45, 7) is 8.51. The van der Waals surface area contributed by atoms with Crippen LogP contribution in [0.4, 0.5) is 4.79 Å². The van der Waals surface area contributed by atoms with Gasteiger partial charge >= 0.3 is 6.03 Å². The van der Waals surface area contributed by atoms with Crippen molar-refractivity contribution in [2.45, 2.75) is 52.1 Å². The predicted molar refractivity (Wildman–Crippen MR) is 133 cm³/mol. The normalized spacial score (nSPS) is 17.2. The fraction of sp³-hybridized carbons (Fsp3) is 0.429. The number of aromatic nitrogens is 1. The fourth-order valence-electron chi connectivity index (χ4n) is 5.08. The number of hydrogen-bond donors (Lipinski definition) is 1. The lowest BCUT2D eigenvalue weighted by Crippen LogP contribution is -2.53. The van der Waals surface area contributed by atoms with Gasteiger partial charge in [-0.2, -0.15) is 0 Å². The number of carbonyl (C=O) groups is 1. The largest absolute Gasteiger partial charge is 0.487 e. The average Bonchev–Trinajstić information content (AvgIpc) is 2.82. The highest BCUT2D eigenvalue weighted by atomic mass is 16.5. The SMILES string of the molecule is Cc1nccc2cc(-c3ccc4c(c3)CCC3(CCN(C(=O)NCC(C)C)CC3)O4)ccc12. The van der Waals surface area contributed by atoms with E-state index in [1.165, 1.54) is 27.5 Å². The summed E-state index contributed by atoms with van der Waals surface area (Å²) in [5, 5.41) is 5.46. The molecule has 0 atom stereocenters. The third-order valence-electron chi connectivity index (χ3n) is 7.16. The van der Waals surface area contributed by atoms with Crippen molar-refractivity contribution < 1.29 is 9.53 Å². The first-order chi connectivity index (χ1) is 15.9. The monoisotopic (exact) mass is 443 g/mol. The molecule has 0 saturated carbocycles. The third kappa shape index (κ3) is 4.41. The van der Waals surface area contributed by atoms with Crippen LogP contribution in [0, 0.1) is 12.8 Å². The topological polar surface area (TPSA) is 54.5 Å². The molecule has 2 aliphatic heterocycles. The lowest BCUT2D eigenvalue weighted by molar-refractivity contribution is -0.00552. The molecule has 3 heterocycles. The summed E-state index contributed by atoms with van der Waals surface area (Å²) in [5.41, 5.74) is 4.64. The molecule has 5 nitrogen and oxygen atoms in total. The molecular formula is C28H33N3O2. The fourth-order valence-corrected chi connectivity index (χ4v) is 5.08. The average molecular weight is 444 g/mol. The number of piperidine rings is 1. The van der Waals surface area contributed by atoms with Crippen molar-refractivity contribution in [1.82, 2.24) is 15.2 Å². The Bertz CT molecular complexity index is 1180. The number of ether oxygens (including phenoxy) is 1. The first-order valence-corrected chi connectivity index (χ1v) is 12.1. The van der Waals surface area contributed by atoms with E-state index < -0.39 is 0 Å². The molecule has 2 aromatic carbocycles. The molecule has 1 fully saturated rings. The molecule has 2 aliphatic rings. The van der Waals surface area contributed by atoms with Crippen molar-refractivity contribution in [3.05, 3.63) is 59.9 Å². The Balaban J connectivity index is 1.28. The summed E-state index contributed by atoms with van der Waals surface area (Å²) in [6.07, 6.45) is 5.68. The van der Waals surface area contributed by atoms with Crippen molar-refractivity contribution in [2.75, 3.05) is 19.6 Å². The molecule has 1 spiro atoms. The number of pyridine rings is 1. The first kappa shape index (κ1) is 21.7. The minimum Gasteiger partial charge on any atom is -0.487 e. The maximum absolute atomic E-state index is 12.4. The Morgan fingerprint density at radius 1 is 1.09 bits per heavy atom. The van der Waals surface area contributed by atoms with Gasteiger partial charge in [-0.05, 0) is 72.0 Å². The van der Waals surface area contributed by atoms with Crippen LogP contribution in [0.1, 0.15) is 44.4 Å². The van der Waals surface area contributed by atoms with Crippen LogP contribution >= 0.6 is 0 Å². The maximum Gasteiger partial charge on any atom is 0.317 e. The summed E-state index contributed by atoms with van der Waals surface area (Å²) in [4.78, 5) is 18.7. The van der Waals surface area contributed by atoms with E-state index in [-0.39, 0.29) is 11.6 Å². The molecule has 5 rings (SSSR count). The van der Waals surface area contributed by atoms with Gasteiger partial charge in [0.15, 0.2) is 0 Å². The van der Waals surface area contributed by atoms with Gasteiger partial charge in [0.05, 0.1) is 0 Å². The second-order valence-electron chi connectivity index (χ2n) is 10.0. The van der Waals surface area contributed by atoms with Crippen LogP contribution in [0.15, 0.2) is 48.7 Å². The number of rotatable bonds is 3. The third-order valence-corrected chi connectivity index (χ3v) is 7.16. The highest BCUT2D eigenvalue weighted by molar-refractivity contribution is 5.88. The zero-order valence-corrected chi connectivity index (χ0v) is 19.9. The summed E-state index contributed by atoms with van der Waals surface area (Å²) >= 11 is 0. The number of urea groups is 1.